The standard InChI is InChI=1S/C20H23N3O3/c1-12-7-13(2)21-14(8-12)11-23(3)20(25)17-10-19(24)22-18-6-5-15(26-4)9-16(17)18/h5-9,17H,10-11H2,1-4H3,(H,22,24)/t17-/m1/s1. The number of benzene rings is 1. The Labute approximate surface area is 153 Å². The summed E-state index contributed by atoms with van der Waals surface area (Å²) in [4.78, 5) is 31.2. The summed E-state index contributed by atoms with van der Waals surface area (Å²) in [7, 11) is 3.33. The largest absolute Gasteiger partial charge is 0.497 e. The van der Waals surface area contributed by atoms with Crippen LogP contribution in [-0.4, -0.2) is 35.9 Å². The third-order valence-corrected chi connectivity index (χ3v) is 4.52. The number of fused-ring (bicyclic) bond motifs is 1. The van der Waals surface area contributed by atoms with Gasteiger partial charge in [0.2, 0.25) is 11.8 Å². The lowest BCUT2D eigenvalue weighted by Crippen LogP contribution is -2.36. The van der Waals surface area contributed by atoms with Crippen molar-refractivity contribution in [1.29, 1.82) is 0 Å². The maximum atomic E-state index is 13.1. The van der Waals surface area contributed by atoms with E-state index in [0.29, 0.717) is 18.0 Å². The van der Waals surface area contributed by atoms with Gasteiger partial charge in [-0.1, -0.05) is 0 Å². The summed E-state index contributed by atoms with van der Waals surface area (Å²) in [6, 6.07) is 9.34. The molecule has 136 valence electrons. The fourth-order valence-electron chi connectivity index (χ4n) is 3.38. The van der Waals surface area contributed by atoms with E-state index >= 15 is 0 Å². The zero-order chi connectivity index (χ0) is 18.8. The first-order valence-electron chi connectivity index (χ1n) is 8.54. The minimum atomic E-state index is -0.523. The summed E-state index contributed by atoms with van der Waals surface area (Å²) in [6.07, 6.45) is 0.129. The minimum absolute atomic E-state index is 0.102. The number of rotatable bonds is 4. The van der Waals surface area contributed by atoms with Crippen LogP contribution >= 0.6 is 0 Å². The van der Waals surface area contributed by atoms with Gasteiger partial charge in [0, 0.05) is 24.8 Å². The Kier molecular flexibility index (Phi) is 4.93. The van der Waals surface area contributed by atoms with Crippen molar-refractivity contribution in [2.75, 3.05) is 19.5 Å². The molecule has 1 aromatic heterocycles. The smallest absolute Gasteiger partial charge is 0.230 e. The number of methoxy groups -OCH3 is 1. The molecule has 0 bridgehead atoms. The normalized spacial score (nSPS) is 15.8. The van der Waals surface area contributed by atoms with Gasteiger partial charge in [0.1, 0.15) is 5.75 Å². The molecular weight excluding hydrogens is 330 g/mol. The van der Waals surface area contributed by atoms with Crippen LogP contribution in [0.1, 0.15) is 34.9 Å². The molecule has 1 aromatic carbocycles. The number of pyridine rings is 1. The summed E-state index contributed by atoms with van der Waals surface area (Å²) in [5.74, 6) is -0.115. The molecule has 6 nitrogen and oxygen atoms in total. The maximum absolute atomic E-state index is 13.1. The van der Waals surface area contributed by atoms with E-state index in [1.807, 2.05) is 32.0 Å². The van der Waals surface area contributed by atoms with Crippen molar-refractivity contribution in [1.82, 2.24) is 9.88 Å². The summed E-state index contributed by atoms with van der Waals surface area (Å²) in [5, 5.41) is 2.82. The molecule has 1 aliphatic heterocycles. The summed E-state index contributed by atoms with van der Waals surface area (Å²) in [5.41, 5.74) is 4.32. The van der Waals surface area contributed by atoms with Crippen LogP contribution in [0.15, 0.2) is 30.3 Å². The highest BCUT2D eigenvalue weighted by Crippen LogP contribution is 2.36. The Morgan fingerprint density at radius 3 is 2.77 bits per heavy atom. The summed E-state index contributed by atoms with van der Waals surface area (Å²) >= 11 is 0. The van der Waals surface area contributed by atoms with Crippen LogP contribution in [-0.2, 0) is 16.1 Å². The topological polar surface area (TPSA) is 71.5 Å². The van der Waals surface area contributed by atoms with E-state index in [2.05, 4.69) is 10.3 Å². The van der Waals surface area contributed by atoms with Crippen LogP contribution in [0.4, 0.5) is 5.69 Å². The van der Waals surface area contributed by atoms with E-state index < -0.39 is 5.92 Å². The van der Waals surface area contributed by atoms with Crippen LogP contribution < -0.4 is 10.1 Å². The molecule has 0 radical (unpaired) electrons. The van der Waals surface area contributed by atoms with E-state index in [4.69, 9.17) is 4.74 Å². The van der Waals surface area contributed by atoms with Gasteiger partial charge in [-0.2, -0.15) is 0 Å². The quantitative estimate of drug-likeness (QED) is 0.917. The molecule has 0 spiro atoms. The summed E-state index contributed by atoms with van der Waals surface area (Å²) < 4.78 is 5.27. The number of nitrogens with one attached hydrogen (secondary N) is 1. The van der Waals surface area contributed by atoms with E-state index in [-0.39, 0.29) is 18.2 Å². The van der Waals surface area contributed by atoms with Crippen LogP contribution in [0.2, 0.25) is 0 Å². The second-order valence-corrected chi connectivity index (χ2v) is 6.73. The Bertz CT molecular complexity index is 843. The van der Waals surface area contributed by atoms with Crippen molar-refractivity contribution in [2.24, 2.45) is 0 Å². The molecule has 26 heavy (non-hydrogen) atoms. The average molecular weight is 353 g/mol. The van der Waals surface area contributed by atoms with Gasteiger partial charge in [-0.15, -0.1) is 0 Å². The van der Waals surface area contributed by atoms with Gasteiger partial charge >= 0.3 is 0 Å². The summed E-state index contributed by atoms with van der Waals surface area (Å²) in [6.45, 7) is 4.35. The van der Waals surface area contributed by atoms with E-state index in [1.54, 1.807) is 31.2 Å². The highest BCUT2D eigenvalue weighted by Gasteiger charge is 2.33. The number of ether oxygens (including phenoxy) is 1. The minimum Gasteiger partial charge on any atom is -0.497 e. The van der Waals surface area contributed by atoms with Crippen LogP contribution in [0.3, 0.4) is 0 Å². The molecule has 1 N–H and O–H groups in total. The van der Waals surface area contributed by atoms with Gasteiger partial charge < -0.3 is 15.0 Å². The van der Waals surface area contributed by atoms with Gasteiger partial charge in [-0.05, 0) is 55.3 Å². The first-order chi connectivity index (χ1) is 12.4. The number of hydrogen-bond donors (Lipinski definition) is 1. The predicted molar refractivity (Wildman–Crippen MR) is 99.2 cm³/mol. The molecule has 0 saturated heterocycles. The molecule has 2 aromatic rings. The molecule has 2 amide bonds. The average Bonchev–Trinajstić information content (AvgIpc) is 2.59. The third-order valence-electron chi connectivity index (χ3n) is 4.52. The number of carbonyl (C=O) groups excluding carboxylic acids is 2. The SMILES string of the molecule is COc1ccc2c(c1)[C@H](C(=O)N(C)Cc1cc(C)cc(C)n1)CC(=O)N2. The second-order valence-electron chi connectivity index (χ2n) is 6.73. The first-order valence-corrected chi connectivity index (χ1v) is 8.54. The number of anilines is 1. The molecule has 2 heterocycles. The number of amides is 2. The van der Waals surface area contributed by atoms with Crippen molar-refractivity contribution in [3.05, 3.63) is 52.8 Å². The fraction of sp³-hybridized carbons (Fsp3) is 0.350. The third kappa shape index (κ3) is 3.69. The predicted octanol–water partition coefficient (Wildman–Crippen LogP) is 2.79. The van der Waals surface area contributed by atoms with E-state index in [9.17, 15) is 9.59 Å². The van der Waals surface area contributed by atoms with Crippen molar-refractivity contribution >= 4 is 17.5 Å². The maximum Gasteiger partial charge on any atom is 0.230 e. The molecule has 0 fully saturated rings. The van der Waals surface area contributed by atoms with Gasteiger partial charge in [0.25, 0.3) is 0 Å². The van der Waals surface area contributed by atoms with Gasteiger partial charge in [0.15, 0.2) is 0 Å². The molecule has 0 unspecified atom stereocenters. The number of hydrogen-bond acceptors (Lipinski definition) is 4. The van der Waals surface area contributed by atoms with Crippen LogP contribution in [0.25, 0.3) is 0 Å². The lowest BCUT2D eigenvalue weighted by atomic mass is 9.89. The number of aryl methyl sites for hydroxylation is 2. The molecule has 6 heteroatoms. The highest BCUT2D eigenvalue weighted by atomic mass is 16.5. The lowest BCUT2D eigenvalue weighted by Gasteiger charge is -2.29. The van der Waals surface area contributed by atoms with E-state index in [1.165, 1.54) is 0 Å². The second kappa shape index (κ2) is 7.15. The van der Waals surface area contributed by atoms with Crippen molar-refractivity contribution in [2.45, 2.75) is 32.7 Å². The number of aromatic nitrogens is 1. The Balaban J connectivity index is 1.86. The Morgan fingerprint density at radius 1 is 1.31 bits per heavy atom. The molecule has 0 saturated carbocycles. The molecule has 0 aliphatic carbocycles. The Hall–Kier alpha value is -2.89. The van der Waals surface area contributed by atoms with Crippen LogP contribution in [0, 0.1) is 13.8 Å². The first kappa shape index (κ1) is 17.9. The van der Waals surface area contributed by atoms with Crippen molar-refractivity contribution in [3.8, 4) is 5.75 Å². The molecule has 1 aliphatic rings. The molecule has 1 atom stereocenters. The monoisotopic (exact) mass is 353 g/mol. The van der Waals surface area contributed by atoms with Gasteiger partial charge in [0.05, 0.1) is 25.3 Å². The fourth-order valence-corrected chi connectivity index (χ4v) is 3.38. The van der Waals surface area contributed by atoms with Gasteiger partial charge in [-0.25, -0.2) is 0 Å². The zero-order valence-corrected chi connectivity index (χ0v) is 15.5. The van der Waals surface area contributed by atoms with Crippen molar-refractivity contribution < 1.29 is 14.3 Å². The zero-order valence-electron chi connectivity index (χ0n) is 15.5. The number of carbonyl (C=O) groups is 2. The molecular formula is C20H23N3O3. The molecule has 3 rings (SSSR count). The number of nitrogens with zero attached hydrogens (tertiary/aromatic N) is 2. The van der Waals surface area contributed by atoms with Gasteiger partial charge in [-0.3, -0.25) is 14.6 Å². The Morgan fingerprint density at radius 2 is 2.08 bits per heavy atom. The lowest BCUT2D eigenvalue weighted by molar-refractivity contribution is -0.134. The number of likely N-dealkylation sites (N-methyl/N-ethyl adjacent to an activating group) is 1. The highest BCUT2D eigenvalue weighted by molar-refractivity contribution is 6.01. The van der Waals surface area contributed by atoms with Crippen LogP contribution in [0.5, 0.6) is 5.75 Å². The van der Waals surface area contributed by atoms with Crippen molar-refractivity contribution in [3.63, 3.8) is 0 Å². The van der Waals surface area contributed by atoms with E-state index in [0.717, 1.165) is 22.5 Å².